The van der Waals surface area contributed by atoms with Crippen molar-refractivity contribution < 1.29 is 9.53 Å². The van der Waals surface area contributed by atoms with Crippen LogP contribution in [0.15, 0.2) is 36.5 Å². The lowest BCUT2D eigenvalue weighted by molar-refractivity contribution is 0.168. The first kappa shape index (κ1) is 12.2. The number of benzene rings is 1. The third kappa shape index (κ3) is 2.51. The monoisotopic (exact) mass is 245 g/mol. The lowest BCUT2D eigenvalue weighted by atomic mass is 10.1. The summed E-state index contributed by atoms with van der Waals surface area (Å²) in [6, 6.07) is 9.76. The molecule has 0 aliphatic rings. The largest absolute Gasteiger partial charge is 0.450 e. The minimum Gasteiger partial charge on any atom is -0.450 e. The first-order chi connectivity index (χ1) is 8.72. The van der Waals surface area contributed by atoms with Crippen LogP contribution in [0.4, 0.5) is 10.5 Å². The van der Waals surface area contributed by atoms with Crippen LogP contribution >= 0.6 is 0 Å². The lowest BCUT2D eigenvalue weighted by Gasteiger charge is -2.07. The number of nitrogens with one attached hydrogen (secondary N) is 1. The molecular weight excluding hydrogens is 230 g/mol. The van der Waals surface area contributed by atoms with Crippen LogP contribution in [0.1, 0.15) is 6.92 Å². The number of rotatable bonds is 3. The lowest BCUT2D eigenvalue weighted by Crippen LogP contribution is -2.13. The second kappa shape index (κ2) is 5.35. The summed E-state index contributed by atoms with van der Waals surface area (Å²) in [5.41, 5.74) is 2.48. The Hall–Kier alpha value is -2.30. The Kier molecular flexibility index (Phi) is 3.62. The average Bonchev–Trinajstić information content (AvgIpc) is 2.72. The van der Waals surface area contributed by atoms with Gasteiger partial charge in [0.15, 0.2) is 0 Å². The Labute approximate surface area is 105 Å². The van der Waals surface area contributed by atoms with E-state index in [0.717, 1.165) is 11.3 Å². The van der Waals surface area contributed by atoms with Gasteiger partial charge < -0.3 is 4.74 Å². The number of hydrogen-bond donors (Lipinski definition) is 1. The summed E-state index contributed by atoms with van der Waals surface area (Å²) in [5, 5.41) is 6.84. The fourth-order valence-corrected chi connectivity index (χ4v) is 1.74. The summed E-state index contributed by atoms with van der Waals surface area (Å²) in [4.78, 5) is 11.4. The van der Waals surface area contributed by atoms with E-state index in [1.807, 2.05) is 37.4 Å². The van der Waals surface area contributed by atoms with Crippen molar-refractivity contribution in [3.63, 3.8) is 0 Å². The van der Waals surface area contributed by atoms with E-state index in [1.54, 1.807) is 17.8 Å². The summed E-state index contributed by atoms with van der Waals surface area (Å²) >= 11 is 0. The summed E-state index contributed by atoms with van der Waals surface area (Å²) in [6.07, 6.45) is 1.14. The van der Waals surface area contributed by atoms with Crippen molar-refractivity contribution in [1.82, 2.24) is 9.78 Å². The molecule has 1 N–H and O–H groups in total. The fraction of sp³-hybridized carbons (Fsp3) is 0.231. The second-order valence-corrected chi connectivity index (χ2v) is 3.74. The van der Waals surface area contributed by atoms with Crippen LogP contribution in [-0.2, 0) is 11.8 Å². The predicted molar refractivity (Wildman–Crippen MR) is 69.3 cm³/mol. The zero-order valence-corrected chi connectivity index (χ0v) is 10.4. The third-order valence-electron chi connectivity index (χ3n) is 2.50. The normalized spacial score (nSPS) is 10.1. The van der Waals surface area contributed by atoms with E-state index in [1.165, 1.54) is 0 Å². The molecule has 1 heterocycles. The van der Waals surface area contributed by atoms with Crippen molar-refractivity contribution in [2.24, 2.45) is 7.05 Å². The van der Waals surface area contributed by atoms with Gasteiger partial charge >= 0.3 is 6.09 Å². The maximum absolute atomic E-state index is 11.4. The molecule has 0 spiro atoms. The number of aromatic nitrogens is 2. The maximum atomic E-state index is 11.4. The Morgan fingerprint density at radius 3 is 2.78 bits per heavy atom. The number of carbonyl (C=O) groups excluding carboxylic acids is 1. The van der Waals surface area contributed by atoms with Crippen molar-refractivity contribution in [3.8, 4) is 11.3 Å². The van der Waals surface area contributed by atoms with E-state index in [-0.39, 0.29) is 0 Å². The molecule has 94 valence electrons. The Bertz CT molecular complexity index is 534. The number of aryl methyl sites for hydroxylation is 1. The molecule has 2 rings (SSSR count). The number of anilines is 1. The van der Waals surface area contributed by atoms with Crippen molar-refractivity contribution in [3.05, 3.63) is 36.5 Å². The molecule has 0 aliphatic carbocycles. The van der Waals surface area contributed by atoms with Crippen molar-refractivity contribution in [2.45, 2.75) is 6.92 Å². The molecule has 2 aromatic rings. The molecule has 0 bridgehead atoms. The first-order valence-electron chi connectivity index (χ1n) is 5.73. The molecule has 1 aromatic carbocycles. The van der Waals surface area contributed by atoms with Crippen LogP contribution in [-0.4, -0.2) is 22.5 Å². The van der Waals surface area contributed by atoms with E-state index in [4.69, 9.17) is 4.74 Å². The number of hydrogen-bond acceptors (Lipinski definition) is 3. The summed E-state index contributed by atoms with van der Waals surface area (Å²) < 4.78 is 6.58. The highest BCUT2D eigenvalue weighted by molar-refractivity contribution is 5.90. The first-order valence-corrected chi connectivity index (χ1v) is 5.73. The molecule has 1 aromatic heterocycles. The average molecular weight is 245 g/mol. The van der Waals surface area contributed by atoms with Gasteiger partial charge in [-0.1, -0.05) is 30.3 Å². The van der Waals surface area contributed by atoms with Crippen molar-refractivity contribution in [1.29, 1.82) is 0 Å². The van der Waals surface area contributed by atoms with Crippen LogP contribution in [0, 0.1) is 0 Å². The fourth-order valence-electron chi connectivity index (χ4n) is 1.74. The van der Waals surface area contributed by atoms with Gasteiger partial charge in [0.05, 0.1) is 24.2 Å². The quantitative estimate of drug-likeness (QED) is 0.904. The molecule has 5 heteroatoms. The molecule has 18 heavy (non-hydrogen) atoms. The van der Waals surface area contributed by atoms with Crippen LogP contribution in [0.2, 0.25) is 0 Å². The summed E-state index contributed by atoms with van der Waals surface area (Å²) in [5.74, 6) is 0. The van der Waals surface area contributed by atoms with Gasteiger partial charge in [0, 0.05) is 12.6 Å². The maximum Gasteiger partial charge on any atom is 0.411 e. The molecule has 0 fully saturated rings. The number of nitrogens with zero attached hydrogens (tertiary/aromatic N) is 2. The van der Waals surface area contributed by atoms with Crippen LogP contribution in [0.25, 0.3) is 11.3 Å². The molecule has 1 amide bonds. The summed E-state index contributed by atoms with van der Waals surface area (Å²) in [6.45, 7) is 2.10. The van der Waals surface area contributed by atoms with Gasteiger partial charge in [0.25, 0.3) is 0 Å². The van der Waals surface area contributed by atoms with Crippen LogP contribution < -0.4 is 5.32 Å². The minimum atomic E-state index is -0.470. The van der Waals surface area contributed by atoms with Gasteiger partial charge in [0.2, 0.25) is 0 Å². The Morgan fingerprint density at radius 1 is 1.39 bits per heavy atom. The standard InChI is InChI=1S/C13H15N3O2/c1-3-18-13(17)15-11-9-14-16(2)12(11)10-7-5-4-6-8-10/h4-9H,3H2,1-2H3,(H,15,17). The predicted octanol–water partition coefficient (Wildman–Crippen LogP) is 2.66. The Balaban J connectivity index is 2.31. The van der Waals surface area contributed by atoms with E-state index in [9.17, 15) is 4.79 Å². The molecule has 0 saturated carbocycles. The van der Waals surface area contributed by atoms with Gasteiger partial charge in [-0.15, -0.1) is 0 Å². The molecule has 0 saturated heterocycles. The van der Waals surface area contributed by atoms with Gasteiger partial charge in [-0.05, 0) is 6.92 Å². The number of amides is 1. The molecule has 0 unspecified atom stereocenters. The molecule has 0 atom stereocenters. The van der Waals surface area contributed by atoms with E-state index in [2.05, 4.69) is 10.4 Å². The zero-order valence-electron chi connectivity index (χ0n) is 10.4. The highest BCUT2D eigenvalue weighted by Gasteiger charge is 2.13. The third-order valence-corrected chi connectivity index (χ3v) is 2.50. The van der Waals surface area contributed by atoms with Crippen LogP contribution in [0.5, 0.6) is 0 Å². The Morgan fingerprint density at radius 2 is 2.11 bits per heavy atom. The smallest absolute Gasteiger partial charge is 0.411 e. The SMILES string of the molecule is CCOC(=O)Nc1cnn(C)c1-c1ccccc1. The van der Waals surface area contributed by atoms with E-state index < -0.39 is 6.09 Å². The highest BCUT2D eigenvalue weighted by Crippen LogP contribution is 2.26. The zero-order chi connectivity index (χ0) is 13.0. The van der Waals surface area contributed by atoms with Gasteiger partial charge in [0.1, 0.15) is 0 Å². The molecule has 5 nitrogen and oxygen atoms in total. The van der Waals surface area contributed by atoms with Crippen molar-refractivity contribution in [2.75, 3.05) is 11.9 Å². The van der Waals surface area contributed by atoms with Gasteiger partial charge in [-0.2, -0.15) is 5.10 Å². The highest BCUT2D eigenvalue weighted by atomic mass is 16.5. The molecule has 0 aliphatic heterocycles. The minimum absolute atomic E-state index is 0.340. The molecular formula is C13H15N3O2. The van der Waals surface area contributed by atoms with Crippen molar-refractivity contribution >= 4 is 11.8 Å². The number of ether oxygens (including phenoxy) is 1. The molecule has 0 radical (unpaired) electrons. The van der Waals surface area contributed by atoms with E-state index >= 15 is 0 Å². The van der Waals surface area contributed by atoms with E-state index in [0.29, 0.717) is 12.3 Å². The van der Waals surface area contributed by atoms with Crippen LogP contribution in [0.3, 0.4) is 0 Å². The topological polar surface area (TPSA) is 56.1 Å². The van der Waals surface area contributed by atoms with Gasteiger partial charge in [-0.25, -0.2) is 4.79 Å². The second-order valence-electron chi connectivity index (χ2n) is 3.74. The summed E-state index contributed by atoms with van der Waals surface area (Å²) in [7, 11) is 1.83. The number of carbonyl (C=O) groups is 1. The van der Waals surface area contributed by atoms with Gasteiger partial charge in [-0.3, -0.25) is 10.00 Å².